The molecule has 0 radical (unpaired) electrons. The lowest BCUT2D eigenvalue weighted by molar-refractivity contribution is 0.0947. The number of carbonyl (C=O) groups is 1. The number of amides is 1. The van der Waals surface area contributed by atoms with Crippen LogP contribution in [0.2, 0.25) is 5.15 Å². The zero-order valence-corrected chi connectivity index (χ0v) is 12.5. The standard InChI is InChI=1S/C15H17ClN2O2/c1-15(2,3)12-7-10(8-13(16)18-12)14(19)17-9-11-5-4-6-20-11/h4-8H,9H2,1-3H3,(H,17,19). The second-order valence-corrected chi connectivity index (χ2v) is 5.96. The van der Waals surface area contributed by atoms with Gasteiger partial charge in [0.25, 0.3) is 5.91 Å². The number of rotatable bonds is 3. The third kappa shape index (κ3) is 3.61. The molecule has 5 heteroatoms. The van der Waals surface area contributed by atoms with E-state index in [0.717, 1.165) is 5.69 Å². The number of aromatic nitrogens is 1. The highest BCUT2D eigenvalue weighted by Gasteiger charge is 2.19. The highest BCUT2D eigenvalue weighted by Crippen LogP contribution is 2.23. The smallest absolute Gasteiger partial charge is 0.251 e. The minimum atomic E-state index is -0.198. The van der Waals surface area contributed by atoms with Crippen molar-refractivity contribution in [3.8, 4) is 0 Å². The zero-order valence-electron chi connectivity index (χ0n) is 11.7. The fourth-order valence-electron chi connectivity index (χ4n) is 1.69. The van der Waals surface area contributed by atoms with Crippen molar-refractivity contribution in [3.05, 3.63) is 52.7 Å². The van der Waals surface area contributed by atoms with Crippen molar-refractivity contribution in [2.75, 3.05) is 0 Å². The summed E-state index contributed by atoms with van der Waals surface area (Å²) in [5, 5.41) is 3.11. The van der Waals surface area contributed by atoms with Crippen LogP contribution in [0.3, 0.4) is 0 Å². The molecule has 0 saturated heterocycles. The van der Waals surface area contributed by atoms with Gasteiger partial charge in [0.2, 0.25) is 0 Å². The Labute approximate surface area is 123 Å². The summed E-state index contributed by atoms with van der Waals surface area (Å²) in [6.45, 7) is 6.42. The Morgan fingerprint density at radius 3 is 2.75 bits per heavy atom. The van der Waals surface area contributed by atoms with E-state index in [-0.39, 0.29) is 11.3 Å². The van der Waals surface area contributed by atoms with E-state index in [4.69, 9.17) is 16.0 Å². The maximum Gasteiger partial charge on any atom is 0.251 e. The van der Waals surface area contributed by atoms with Crippen LogP contribution in [0.1, 0.15) is 42.6 Å². The SMILES string of the molecule is CC(C)(C)c1cc(C(=O)NCc2ccco2)cc(Cl)n1. The number of pyridine rings is 1. The van der Waals surface area contributed by atoms with Crippen molar-refractivity contribution < 1.29 is 9.21 Å². The molecule has 2 aromatic rings. The number of nitrogens with zero attached hydrogens (tertiary/aromatic N) is 1. The number of carbonyl (C=O) groups excluding carboxylic acids is 1. The molecular weight excluding hydrogens is 276 g/mol. The minimum Gasteiger partial charge on any atom is -0.467 e. The zero-order chi connectivity index (χ0) is 14.8. The average Bonchev–Trinajstić information content (AvgIpc) is 2.87. The minimum absolute atomic E-state index is 0.166. The predicted octanol–water partition coefficient (Wildman–Crippen LogP) is 3.56. The molecule has 106 valence electrons. The quantitative estimate of drug-likeness (QED) is 0.880. The van der Waals surface area contributed by atoms with Gasteiger partial charge in [-0.3, -0.25) is 4.79 Å². The highest BCUT2D eigenvalue weighted by atomic mass is 35.5. The van der Waals surface area contributed by atoms with Gasteiger partial charge in [-0.2, -0.15) is 0 Å². The molecule has 0 bridgehead atoms. The van der Waals surface area contributed by atoms with E-state index in [9.17, 15) is 4.79 Å². The summed E-state index contributed by atoms with van der Waals surface area (Å²) in [5.74, 6) is 0.505. The third-order valence-corrected chi connectivity index (χ3v) is 3.02. The van der Waals surface area contributed by atoms with E-state index in [0.29, 0.717) is 23.0 Å². The van der Waals surface area contributed by atoms with Gasteiger partial charge in [-0.15, -0.1) is 0 Å². The molecule has 2 aromatic heterocycles. The molecule has 1 amide bonds. The normalized spacial score (nSPS) is 11.4. The summed E-state index contributed by atoms with van der Waals surface area (Å²) < 4.78 is 5.17. The lowest BCUT2D eigenvalue weighted by Gasteiger charge is -2.18. The third-order valence-electron chi connectivity index (χ3n) is 2.83. The Bertz CT molecular complexity index is 601. The van der Waals surface area contributed by atoms with Crippen LogP contribution < -0.4 is 5.32 Å². The first-order valence-corrected chi connectivity index (χ1v) is 6.73. The van der Waals surface area contributed by atoms with Crippen molar-refractivity contribution >= 4 is 17.5 Å². The molecule has 0 aliphatic heterocycles. The molecule has 0 saturated carbocycles. The fraction of sp³-hybridized carbons (Fsp3) is 0.333. The average molecular weight is 293 g/mol. The molecule has 2 heterocycles. The lowest BCUT2D eigenvalue weighted by atomic mass is 9.91. The molecular formula is C15H17ClN2O2. The number of hydrogen-bond acceptors (Lipinski definition) is 3. The highest BCUT2D eigenvalue weighted by molar-refractivity contribution is 6.29. The van der Waals surface area contributed by atoms with Gasteiger partial charge in [0.1, 0.15) is 10.9 Å². The van der Waals surface area contributed by atoms with Crippen LogP contribution in [0.25, 0.3) is 0 Å². The molecule has 0 aliphatic rings. The van der Waals surface area contributed by atoms with Gasteiger partial charge in [-0.1, -0.05) is 32.4 Å². The maximum atomic E-state index is 12.1. The predicted molar refractivity (Wildman–Crippen MR) is 77.8 cm³/mol. The first-order chi connectivity index (χ1) is 9.36. The topological polar surface area (TPSA) is 55.1 Å². The van der Waals surface area contributed by atoms with Crippen LogP contribution in [0, 0.1) is 0 Å². The summed E-state index contributed by atoms with van der Waals surface area (Å²) in [4.78, 5) is 16.4. The monoisotopic (exact) mass is 292 g/mol. The molecule has 20 heavy (non-hydrogen) atoms. The summed E-state index contributed by atoms with van der Waals surface area (Å²) >= 11 is 5.99. The molecule has 0 aromatic carbocycles. The Morgan fingerprint density at radius 2 is 2.15 bits per heavy atom. The number of furan rings is 1. The first-order valence-electron chi connectivity index (χ1n) is 6.35. The van der Waals surface area contributed by atoms with Crippen LogP contribution in [0.15, 0.2) is 34.9 Å². The van der Waals surface area contributed by atoms with E-state index in [1.807, 2.05) is 20.8 Å². The Kier molecular flexibility index (Phi) is 4.14. The molecule has 0 fully saturated rings. The van der Waals surface area contributed by atoms with Gasteiger partial charge in [0.05, 0.1) is 12.8 Å². The van der Waals surface area contributed by atoms with Crippen molar-refractivity contribution in [2.45, 2.75) is 32.7 Å². The van der Waals surface area contributed by atoms with Crippen LogP contribution in [-0.2, 0) is 12.0 Å². The van der Waals surface area contributed by atoms with Gasteiger partial charge in [0.15, 0.2) is 0 Å². The summed E-state index contributed by atoms with van der Waals surface area (Å²) in [6, 6.07) is 6.92. The summed E-state index contributed by atoms with van der Waals surface area (Å²) in [5.41, 5.74) is 1.12. The van der Waals surface area contributed by atoms with E-state index in [1.165, 1.54) is 0 Å². The molecule has 2 rings (SSSR count). The largest absolute Gasteiger partial charge is 0.467 e. The Balaban J connectivity index is 2.15. The van der Waals surface area contributed by atoms with Gasteiger partial charge in [-0.05, 0) is 24.3 Å². The van der Waals surface area contributed by atoms with Gasteiger partial charge in [-0.25, -0.2) is 4.98 Å². The Morgan fingerprint density at radius 1 is 1.40 bits per heavy atom. The van der Waals surface area contributed by atoms with Gasteiger partial charge in [0, 0.05) is 16.7 Å². The molecule has 0 spiro atoms. The van der Waals surface area contributed by atoms with Crippen molar-refractivity contribution in [2.24, 2.45) is 0 Å². The van der Waals surface area contributed by atoms with E-state index in [1.54, 1.807) is 30.5 Å². The fourth-order valence-corrected chi connectivity index (χ4v) is 1.90. The van der Waals surface area contributed by atoms with E-state index >= 15 is 0 Å². The van der Waals surface area contributed by atoms with E-state index < -0.39 is 0 Å². The van der Waals surface area contributed by atoms with E-state index in [2.05, 4.69) is 10.3 Å². The lowest BCUT2D eigenvalue weighted by Crippen LogP contribution is -2.24. The van der Waals surface area contributed by atoms with Crippen LogP contribution >= 0.6 is 11.6 Å². The van der Waals surface area contributed by atoms with Gasteiger partial charge < -0.3 is 9.73 Å². The number of nitrogens with one attached hydrogen (secondary N) is 1. The van der Waals surface area contributed by atoms with Crippen molar-refractivity contribution in [3.63, 3.8) is 0 Å². The van der Waals surface area contributed by atoms with Crippen LogP contribution in [0.4, 0.5) is 0 Å². The van der Waals surface area contributed by atoms with Crippen LogP contribution in [-0.4, -0.2) is 10.9 Å². The number of halogens is 1. The maximum absolute atomic E-state index is 12.1. The second kappa shape index (κ2) is 5.67. The number of hydrogen-bond donors (Lipinski definition) is 1. The summed E-state index contributed by atoms with van der Waals surface area (Å²) in [7, 11) is 0. The van der Waals surface area contributed by atoms with Crippen LogP contribution in [0.5, 0.6) is 0 Å². The Hall–Kier alpha value is -1.81. The molecule has 0 unspecified atom stereocenters. The molecule has 1 N–H and O–H groups in total. The first kappa shape index (κ1) is 14.6. The summed E-state index contributed by atoms with van der Waals surface area (Å²) in [6.07, 6.45) is 1.57. The van der Waals surface area contributed by atoms with Crippen molar-refractivity contribution in [1.29, 1.82) is 0 Å². The molecule has 0 aliphatic carbocycles. The second-order valence-electron chi connectivity index (χ2n) is 5.58. The van der Waals surface area contributed by atoms with Gasteiger partial charge >= 0.3 is 0 Å². The van der Waals surface area contributed by atoms with Crippen molar-refractivity contribution in [1.82, 2.24) is 10.3 Å². The molecule has 0 atom stereocenters. The molecule has 4 nitrogen and oxygen atoms in total.